The minimum absolute atomic E-state index is 0.139. The van der Waals surface area contributed by atoms with Crippen molar-refractivity contribution in [2.45, 2.75) is 26.8 Å². The van der Waals surface area contributed by atoms with Crippen LogP contribution in [0.3, 0.4) is 0 Å². The van der Waals surface area contributed by atoms with Gasteiger partial charge in [0.25, 0.3) is 0 Å². The van der Waals surface area contributed by atoms with Crippen LogP contribution in [0.1, 0.15) is 17.5 Å². The summed E-state index contributed by atoms with van der Waals surface area (Å²) in [5.41, 5.74) is 9.18. The molecule has 20 heavy (non-hydrogen) atoms. The third-order valence-electron chi connectivity index (χ3n) is 3.44. The summed E-state index contributed by atoms with van der Waals surface area (Å²) in [7, 11) is 0. The fourth-order valence-electron chi connectivity index (χ4n) is 2.50. The number of aryl methyl sites for hydroxylation is 2. The molecule has 3 N–H and O–H groups in total. The van der Waals surface area contributed by atoms with Gasteiger partial charge in [-0.05, 0) is 39.0 Å². The average Bonchev–Trinajstić information content (AvgIpc) is 2.72. The summed E-state index contributed by atoms with van der Waals surface area (Å²) < 4.78 is 1.30. The predicted octanol–water partition coefficient (Wildman–Crippen LogP) is 3.83. The number of nitrogens with one attached hydrogen (secondary N) is 1. The molecule has 0 amide bonds. The first-order valence-electron chi connectivity index (χ1n) is 6.85. The molecule has 3 rings (SSSR count). The molecule has 0 aliphatic rings. The van der Waals surface area contributed by atoms with Gasteiger partial charge >= 0.3 is 0 Å². The molecule has 0 saturated carbocycles. The van der Waals surface area contributed by atoms with Crippen LogP contribution in [0.4, 0.5) is 5.69 Å². The summed E-state index contributed by atoms with van der Waals surface area (Å²) in [4.78, 5) is 5.92. The van der Waals surface area contributed by atoms with E-state index in [1.165, 1.54) is 26.0 Å². The molecular formula is C16H19N3S. The van der Waals surface area contributed by atoms with Crippen molar-refractivity contribution in [3.63, 3.8) is 0 Å². The molecule has 2 heterocycles. The van der Waals surface area contributed by atoms with Gasteiger partial charge in [-0.15, -0.1) is 11.3 Å². The van der Waals surface area contributed by atoms with E-state index in [0.29, 0.717) is 0 Å². The lowest BCUT2D eigenvalue weighted by Crippen LogP contribution is -2.25. The van der Waals surface area contributed by atoms with Gasteiger partial charge in [0.2, 0.25) is 0 Å². The van der Waals surface area contributed by atoms with Crippen LogP contribution in [0.5, 0.6) is 0 Å². The number of fused-ring (bicyclic) bond motifs is 3. The zero-order chi connectivity index (χ0) is 14.3. The molecule has 1 atom stereocenters. The van der Waals surface area contributed by atoms with Crippen molar-refractivity contribution in [1.82, 2.24) is 4.98 Å². The van der Waals surface area contributed by atoms with E-state index < -0.39 is 0 Å². The second-order valence-electron chi connectivity index (χ2n) is 5.35. The number of anilines is 1. The van der Waals surface area contributed by atoms with Crippen LogP contribution in [-0.2, 0) is 0 Å². The first-order valence-corrected chi connectivity index (χ1v) is 7.67. The molecule has 0 fully saturated rings. The maximum atomic E-state index is 5.86. The largest absolute Gasteiger partial charge is 0.382 e. The number of aromatic nitrogens is 1. The number of benzene rings is 1. The molecule has 0 aliphatic heterocycles. The lowest BCUT2D eigenvalue weighted by Gasteiger charge is -2.10. The van der Waals surface area contributed by atoms with Crippen LogP contribution < -0.4 is 11.1 Å². The highest BCUT2D eigenvalue weighted by Gasteiger charge is 2.13. The highest BCUT2D eigenvalue weighted by atomic mass is 32.1. The Hall–Kier alpha value is -1.65. The molecule has 0 radical (unpaired) electrons. The Bertz CT molecular complexity index is 774. The molecule has 4 heteroatoms. The minimum Gasteiger partial charge on any atom is -0.382 e. The van der Waals surface area contributed by atoms with Crippen LogP contribution >= 0.6 is 11.3 Å². The van der Waals surface area contributed by atoms with E-state index in [2.05, 4.69) is 41.5 Å². The Balaban J connectivity index is 2.25. The van der Waals surface area contributed by atoms with Gasteiger partial charge in [-0.25, -0.2) is 0 Å². The monoisotopic (exact) mass is 285 g/mol. The molecular weight excluding hydrogens is 266 g/mol. The fraction of sp³-hybridized carbons (Fsp3) is 0.312. The molecule has 3 aromatic rings. The van der Waals surface area contributed by atoms with Gasteiger partial charge in [0, 0.05) is 38.6 Å². The second-order valence-corrected chi connectivity index (χ2v) is 6.61. The third-order valence-corrected chi connectivity index (χ3v) is 4.51. The Morgan fingerprint density at radius 3 is 2.80 bits per heavy atom. The van der Waals surface area contributed by atoms with E-state index >= 15 is 0 Å². The van der Waals surface area contributed by atoms with Gasteiger partial charge < -0.3 is 11.1 Å². The second kappa shape index (κ2) is 5.04. The summed E-state index contributed by atoms with van der Waals surface area (Å²) in [6, 6.07) is 8.65. The summed E-state index contributed by atoms with van der Waals surface area (Å²) >= 11 is 1.82. The zero-order valence-corrected chi connectivity index (χ0v) is 12.8. The SMILES string of the molecule is Cc1ccc2c(ccc3sc(C)c(NCC(C)N)c32)n1. The highest BCUT2D eigenvalue weighted by molar-refractivity contribution is 7.19. The highest BCUT2D eigenvalue weighted by Crippen LogP contribution is 2.39. The van der Waals surface area contributed by atoms with E-state index in [0.717, 1.165) is 17.8 Å². The lowest BCUT2D eigenvalue weighted by atomic mass is 10.1. The van der Waals surface area contributed by atoms with E-state index in [4.69, 9.17) is 5.73 Å². The average molecular weight is 285 g/mol. The number of nitrogens with two attached hydrogens (primary N) is 1. The van der Waals surface area contributed by atoms with E-state index in [1.54, 1.807) is 0 Å². The molecule has 0 spiro atoms. The molecule has 0 aliphatic carbocycles. The van der Waals surface area contributed by atoms with E-state index in [-0.39, 0.29) is 6.04 Å². The number of thiophene rings is 1. The zero-order valence-electron chi connectivity index (χ0n) is 12.0. The van der Waals surface area contributed by atoms with Crippen molar-refractivity contribution in [1.29, 1.82) is 0 Å². The molecule has 1 aromatic carbocycles. The number of hydrogen-bond acceptors (Lipinski definition) is 4. The fourth-order valence-corrected chi connectivity index (χ4v) is 3.55. The third kappa shape index (κ3) is 2.25. The first-order chi connectivity index (χ1) is 9.56. The Morgan fingerprint density at radius 2 is 2.05 bits per heavy atom. The molecule has 1 unspecified atom stereocenters. The van der Waals surface area contributed by atoms with Crippen LogP contribution in [0.15, 0.2) is 24.3 Å². The number of hydrogen-bond donors (Lipinski definition) is 2. The molecule has 0 saturated heterocycles. The number of pyridine rings is 1. The Morgan fingerprint density at radius 1 is 1.25 bits per heavy atom. The van der Waals surface area contributed by atoms with Crippen LogP contribution in [0.2, 0.25) is 0 Å². The summed E-state index contributed by atoms with van der Waals surface area (Å²) in [6.07, 6.45) is 0. The van der Waals surface area contributed by atoms with Crippen molar-refractivity contribution in [2.24, 2.45) is 5.73 Å². The van der Waals surface area contributed by atoms with Gasteiger partial charge in [-0.3, -0.25) is 4.98 Å². The summed E-state index contributed by atoms with van der Waals surface area (Å²) in [6.45, 7) is 6.97. The van der Waals surface area contributed by atoms with Gasteiger partial charge in [-0.2, -0.15) is 0 Å². The quantitative estimate of drug-likeness (QED) is 0.769. The first kappa shape index (κ1) is 13.3. The van der Waals surface area contributed by atoms with Gasteiger partial charge in [0.05, 0.1) is 11.2 Å². The van der Waals surface area contributed by atoms with Crippen molar-refractivity contribution >= 4 is 38.0 Å². The smallest absolute Gasteiger partial charge is 0.0712 e. The van der Waals surface area contributed by atoms with Crippen LogP contribution in [0.25, 0.3) is 21.0 Å². The van der Waals surface area contributed by atoms with Gasteiger partial charge in [0.15, 0.2) is 0 Å². The van der Waals surface area contributed by atoms with E-state index in [9.17, 15) is 0 Å². The van der Waals surface area contributed by atoms with Gasteiger partial charge in [0.1, 0.15) is 0 Å². The topological polar surface area (TPSA) is 50.9 Å². The van der Waals surface area contributed by atoms with Gasteiger partial charge in [-0.1, -0.05) is 6.07 Å². The van der Waals surface area contributed by atoms with Crippen LogP contribution in [-0.4, -0.2) is 17.6 Å². The minimum atomic E-state index is 0.139. The van der Waals surface area contributed by atoms with Crippen LogP contribution in [0, 0.1) is 13.8 Å². The molecule has 2 aromatic heterocycles. The number of nitrogens with zero attached hydrogens (tertiary/aromatic N) is 1. The standard InChI is InChI=1S/C16H19N3S/c1-9(17)8-18-16-11(3)20-14-7-6-13-12(15(14)16)5-4-10(2)19-13/h4-7,9,18H,8,17H2,1-3H3. The van der Waals surface area contributed by atoms with Crippen molar-refractivity contribution in [3.05, 3.63) is 34.8 Å². The maximum absolute atomic E-state index is 5.86. The molecule has 3 nitrogen and oxygen atoms in total. The van der Waals surface area contributed by atoms with Crippen molar-refractivity contribution in [2.75, 3.05) is 11.9 Å². The van der Waals surface area contributed by atoms with Crippen molar-refractivity contribution < 1.29 is 0 Å². The maximum Gasteiger partial charge on any atom is 0.0712 e. The normalized spacial score (nSPS) is 13.0. The Kier molecular flexibility index (Phi) is 3.36. The predicted molar refractivity (Wildman–Crippen MR) is 88.7 cm³/mol. The lowest BCUT2D eigenvalue weighted by molar-refractivity contribution is 0.780. The summed E-state index contributed by atoms with van der Waals surface area (Å²) in [5, 5.41) is 5.99. The summed E-state index contributed by atoms with van der Waals surface area (Å²) in [5.74, 6) is 0. The molecule has 104 valence electrons. The van der Waals surface area contributed by atoms with Crippen molar-refractivity contribution in [3.8, 4) is 0 Å². The number of rotatable bonds is 3. The Labute approximate surface area is 122 Å². The molecule has 0 bridgehead atoms. The van der Waals surface area contributed by atoms with E-state index in [1.807, 2.05) is 25.2 Å².